The lowest BCUT2D eigenvalue weighted by atomic mass is 9.94. The van der Waals surface area contributed by atoms with Crippen molar-refractivity contribution in [1.29, 1.82) is 0 Å². The molecule has 3 aromatic carbocycles. The average molecular weight is 887 g/mol. The summed E-state index contributed by atoms with van der Waals surface area (Å²) in [6.45, 7) is 0.395. The highest BCUT2D eigenvalue weighted by Crippen LogP contribution is 2.45. The summed E-state index contributed by atoms with van der Waals surface area (Å²) in [5.41, 5.74) is 9.22. The van der Waals surface area contributed by atoms with E-state index in [1.54, 1.807) is 12.1 Å². The van der Waals surface area contributed by atoms with Crippen LogP contribution in [-0.2, 0) is 26.3 Å². The second kappa shape index (κ2) is 12.8. The number of fused-ring (bicyclic) bond motifs is 1. The van der Waals surface area contributed by atoms with Crippen LogP contribution in [0.2, 0.25) is 0 Å². The van der Waals surface area contributed by atoms with Crippen LogP contribution >= 0.6 is 67.8 Å². The van der Waals surface area contributed by atoms with Gasteiger partial charge < -0.3 is 19.1 Å². The van der Waals surface area contributed by atoms with Crippen molar-refractivity contribution in [3.05, 3.63) is 99.3 Å². The molecule has 1 aliphatic carbocycles. The number of ether oxygens (including phenoxy) is 2. The van der Waals surface area contributed by atoms with Gasteiger partial charge in [0.1, 0.15) is 35.7 Å². The molecule has 1 aromatic heterocycles. The fraction of sp³-hybridized carbons (Fsp3) is 0.312. The number of carboxylic acid groups (broad SMARTS) is 1. The minimum absolute atomic E-state index is 0.131. The molecule has 6 rings (SSSR count). The molecule has 1 unspecified atom stereocenters. The largest absolute Gasteiger partial charge is 0.489 e. The number of aromatic nitrogens is 1. The summed E-state index contributed by atoms with van der Waals surface area (Å²) in [4.78, 5) is 11.5. The van der Waals surface area contributed by atoms with Crippen molar-refractivity contribution in [1.82, 2.24) is 5.16 Å². The maximum Gasteiger partial charge on any atom is 0.335 e. The van der Waals surface area contributed by atoms with Crippen LogP contribution in [0.5, 0.6) is 11.5 Å². The number of halogens is 3. The highest BCUT2D eigenvalue weighted by molar-refractivity contribution is 14.1. The minimum Gasteiger partial charge on any atom is -0.489 e. The Kier molecular flexibility index (Phi) is 9.11. The first-order chi connectivity index (χ1) is 20.0. The van der Waals surface area contributed by atoms with Gasteiger partial charge in [-0.15, -0.1) is 0 Å². The highest BCUT2D eigenvalue weighted by atomic mass is 127. The van der Waals surface area contributed by atoms with Gasteiger partial charge in [0.15, 0.2) is 0 Å². The van der Waals surface area contributed by atoms with Crippen LogP contribution in [0.25, 0.3) is 11.3 Å². The first kappa shape index (κ1) is 29.2. The van der Waals surface area contributed by atoms with Gasteiger partial charge in [-0.1, -0.05) is 103 Å². The number of carbonyl (C=O) groups is 1. The SMILES string of the molecule is O=C(O)c1ccc2c(c1)OC(c1ccc(OCc3c(-c4c(CI)cccc4CI)noc3C3CC3)cc1CI)CC2. The van der Waals surface area contributed by atoms with Gasteiger partial charge in [0, 0.05) is 24.8 Å². The third-order valence-corrected chi connectivity index (χ3v) is 10.2. The molecule has 2 heterocycles. The summed E-state index contributed by atoms with van der Waals surface area (Å²) < 4.78 is 21.4. The number of aromatic carboxylic acids is 1. The average Bonchev–Trinajstić information content (AvgIpc) is 3.77. The van der Waals surface area contributed by atoms with Gasteiger partial charge in [-0.2, -0.15) is 0 Å². The molecule has 0 radical (unpaired) electrons. The molecule has 41 heavy (non-hydrogen) atoms. The lowest BCUT2D eigenvalue weighted by Gasteiger charge is -2.28. The molecule has 0 saturated heterocycles. The minimum atomic E-state index is -0.947. The molecule has 0 bridgehead atoms. The lowest BCUT2D eigenvalue weighted by molar-refractivity contribution is 0.0695. The third kappa shape index (κ3) is 6.13. The van der Waals surface area contributed by atoms with E-state index in [-0.39, 0.29) is 11.7 Å². The van der Waals surface area contributed by atoms with E-state index in [4.69, 9.17) is 14.0 Å². The van der Waals surface area contributed by atoms with Crippen LogP contribution in [-0.4, -0.2) is 16.2 Å². The van der Waals surface area contributed by atoms with Crippen molar-refractivity contribution in [2.75, 3.05) is 0 Å². The molecular formula is C32H28I3NO5. The van der Waals surface area contributed by atoms with Crippen molar-refractivity contribution in [2.45, 2.75) is 57.6 Å². The van der Waals surface area contributed by atoms with Crippen LogP contribution in [0.3, 0.4) is 0 Å². The van der Waals surface area contributed by atoms with Gasteiger partial charge in [-0.25, -0.2) is 4.79 Å². The standard InChI is InChI=1S/C32H28I3NO5/c33-14-21-2-1-3-22(15-34)29(21)30-26(31(41-36-30)19-5-6-19)17-39-24-9-10-25(23(12-24)16-35)27-11-8-18-4-7-20(32(37)38)13-28(18)40-27/h1-4,7,9-10,12-13,19,27H,5-6,8,11,14-17H2,(H,37,38). The van der Waals surface area contributed by atoms with E-state index in [1.165, 1.54) is 16.7 Å². The fourth-order valence-electron chi connectivity index (χ4n) is 5.48. The van der Waals surface area contributed by atoms with Crippen molar-refractivity contribution in [3.63, 3.8) is 0 Å². The molecule has 9 heteroatoms. The summed E-state index contributed by atoms with van der Waals surface area (Å²) in [6.07, 6.45) is 3.81. The van der Waals surface area contributed by atoms with Crippen molar-refractivity contribution < 1.29 is 23.9 Å². The number of rotatable bonds is 10. The Balaban J connectivity index is 1.26. The monoisotopic (exact) mass is 887 g/mol. The van der Waals surface area contributed by atoms with Gasteiger partial charge in [0.2, 0.25) is 0 Å². The summed E-state index contributed by atoms with van der Waals surface area (Å²) in [7, 11) is 0. The summed E-state index contributed by atoms with van der Waals surface area (Å²) >= 11 is 7.22. The summed E-state index contributed by atoms with van der Waals surface area (Å²) in [5.74, 6) is 1.89. The summed E-state index contributed by atoms with van der Waals surface area (Å²) in [5, 5.41) is 14.0. The predicted molar refractivity (Wildman–Crippen MR) is 183 cm³/mol. The van der Waals surface area contributed by atoms with Crippen molar-refractivity contribution >= 4 is 73.7 Å². The number of benzene rings is 3. The van der Waals surface area contributed by atoms with Gasteiger partial charge in [0.05, 0.1) is 11.1 Å². The van der Waals surface area contributed by atoms with Gasteiger partial charge in [-0.05, 0) is 77.8 Å². The van der Waals surface area contributed by atoms with Crippen LogP contribution in [0, 0.1) is 0 Å². The first-order valence-corrected chi connectivity index (χ1v) is 18.1. The molecule has 6 nitrogen and oxygen atoms in total. The molecule has 0 spiro atoms. The lowest BCUT2D eigenvalue weighted by Crippen LogP contribution is -2.17. The molecule has 2 aliphatic rings. The van der Waals surface area contributed by atoms with E-state index in [2.05, 4.69) is 103 Å². The number of hydrogen-bond donors (Lipinski definition) is 1. The van der Waals surface area contributed by atoms with Crippen LogP contribution in [0.1, 0.15) is 80.8 Å². The number of alkyl halides is 3. The number of carboxylic acids is 1. The second-order valence-electron chi connectivity index (χ2n) is 10.4. The molecule has 1 saturated carbocycles. The van der Waals surface area contributed by atoms with Gasteiger partial charge in [-0.3, -0.25) is 0 Å². The van der Waals surface area contributed by atoms with Crippen LogP contribution in [0.4, 0.5) is 0 Å². The van der Waals surface area contributed by atoms with Crippen molar-refractivity contribution in [2.24, 2.45) is 0 Å². The Hall–Kier alpha value is -1.87. The molecular weight excluding hydrogens is 859 g/mol. The van der Waals surface area contributed by atoms with Gasteiger partial charge >= 0.3 is 5.97 Å². The Bertz CT molecular complexity index is 1570. The normalized spacial score (nSPS) is 16.2. The predicted octanol–water partition coefficient (Wildman–Crippen LogP) is 9.37. The van der Waals surface area contributed by atoms with Crippen molar-refractivity contribution in [3.8, 4) is 22.8 Å². The van der Waals surface area contributed by atoms with Gasteiger partial charge in [0.25, 0.3) is 0 Å². The van der Waals surface area contributed by atoms with E-state index in [1.807, 2.05) is 12.1 Å². The Morgan fingerprint density at radius 2 is 1.71 bits per heavy atom. The Morgan fingerprint density at radius 1 is 0.951 bits per heavy atom. The zero-order valence-electron chi connectivity index (χ0n) is 22.2. The topological polar surface area (TPSA) is 81.8 Å². The summed E-state index contributed by atoms with van der Waals surface area (Å²) in [6, 6.07) is 17.8. The van der Waals surface area contributed by atoms with Crippen LogP contribution in [0.15, 0.2) is 59.1 Å². The van der Waals surface area contributed by atoms with E-state index in [0.29, 0.717) is 18.3 Å². The maximum atomic E-state index is 11.5. The Morgan fingerprint density at radius 3 is 2.39 bits per heavy atom. The quantitative estimate of drug-likeness (QED) is 0.126. The smallest absolute Gasteiger partial charge is 0.335 e. The molecule has 1 aliphatic heterocycles. The van der Waals surface area contributed by atoms with E-state index in [0.717, 1.165) is 78.4 Å². The van der Waals surface area contributed by atoms with E-state index < -0.39 is 5.97 Å². The molecule has 4 aromatic rings. The molecule has 1 N–H and O–H groups in total. The highest BCUT2D eigenvalue weighted by Gasteiger charge is 2.34. The molecule has 212 valence electrons. The zero-order valence-corrected chi connectivity index (χ0v) is 28.6. The fourth-order valence-corrected chi connectivity index (χ4v) is 7.42. The number of nitrogens with zero attached hydrogens (tertiary/aromatic N) is 1. The molecule has 1 fully saturated rings. The second-order valence-corrected chi connectivity index (χ2v) is 12.7. The molecule has 1 atom stereocenters. The van der Waals surface area contributed by atoms with E-state index in [9.17, 15) is 9.90 Å². The maximum absolute atomic E-state index is 11.5. The van der Waals surface area contributed by atoms with Crippen LogP contribution < -0.4 is 9.47 Å². The number of hydrogen-bond acceptors (Lipinski definition) is 5. The Labute approximate surface area is 280 Å². The zero-order chi connectivity index (χ0) is 28.5. The molecule has 0 amide bonds. The number of aryl methyl sites for hydroxylation is 1. The third-order valence-electron chi connectivity index (χ3n) is 7.78. The first-order valence-electron chi connectivity index (χ1n) is 13.6. The van der Waals surface area contributed by atoms with E-state index >= 15 is 0 Å².